The molecule has 0 amide bonds. The molecule has 3 aromatic rings. The second-order valence-corrected chi connectivity index (χ2v) is 7.49. The van der Waals surface area contributed by atoms with Crippen LogP contribution in [0.5, 0.6) is 5.75 Å². The quantitative estimate of drug-likeness (QED) is 0.576. The van der Waals surface area contributed by atoms with Gasteiger partial charge < -0.3 is 14.1 Å². The Bertz CT molecular complexity index is 1170. The Morgan fingerprint density at radius 3 is 2.61 bits per heavy atom. The minimum Gasteiger partial charge on any atom is -0.472 e. The van der Waals surface area contributed by atoms with Gasteiger partial charge in [-0.25, -0.2) is 13.6 Å². The summed E-state index contributed by atoms with van der Waals surface area (Å²) in [7, 11) is 0. The zero-order valence-electron chi connectivity index (χ0n) is 15.5. The summed E-state index contributed by atoms with van der Waals surface area (Å²) in [4.78, 5) is 14.3. The van der Waals surface area contributed by atoms with Crippen molar-refractivity contribution in [3.8, 4) is 5.75 Å². The summed E-state index contributed by atoms with van der Waals surface area (Å²) >= 11 is 0. The molecule has 0 bridgehead atoms. The van der Waals surface area contributed by atoms with Crippen LogP contribution in [-0.2, 0) is 19.4 Å². The summed E-state index contributed by atoms with van der Waals surface area (Å²) in [5.74, 6) is -1.05. The lowest BCUT2D eigenvalue weighted by molar-refractivity contribution is 0.287. The van der Waals surface area contributed by atoms with Crippen LogP contribution in [0.3, 0.4) is 0 Å². The maximum Gasteiger partial charge on any atom is 0.339 e. The first-order valence-electron chi connectivity index (χ1n) is 9.47. The largest absolute Gasteiger partial charge is 0.472 e. The molecule has 0 saturated carbocycles. The van der Waals surface area contributed by atoms with E-state index in [4.69, 9.17) is 9.15 Å². The fraction of sp³-hybridized carbons (Fsp3) is 0.318. The van der Waals surface area contributed by atoms with Crippen LogP contribution in [0.1, 0.15) is 35.1 Å². The third-order valence-electron chi connectivity index (χ3n) is 5.76. The monoisotopic (exact) mass is 383 g/mol. The van der Waals surface area contributed by atoms with Crippen LogP contribution in [-0.4, -0.2) is 6.73 Å². The first kappa shape index (κ1) is 17.2. The van der Waals surface area contributed by atoms with Gasteiger partial charge in [0.05, 0.1) is 0 Å². The lowest BCUT2D eigenvalue weighted by Gasteiger charge is -2.32. The van der Waals surface area contributed by atoms with Crippen LogP contribution in [0.4, 0.5) is 14.5 Å². The van der Waals surface area contributed by atoms with E-state index in [1.807, 2.05) is 17.9 Å². The summed E-state index contributed by atoms with van der Waals surface area (Å²) in [6.07, 6.45) is 3.67. The normalized spacial score (nSPS) is 15.9. The van der Waals surface area contributed by atoms with Gasteiger partial charge in [-0.05, 0) is 56.4 Å². The third kappa shape index (κ3) is 2.58. The highest BCUT2D eigenvalue weighted by Crippen LogP contribution is 2.38. The average molecular weight is 383 g/mol. The molecule has 0 fully saturated rings. The van der Waals surface area contributed by atoms with Crippen LogP contribution in [0.2, 0.25) is 0 Å². The van der Waals surface area contributed by atoms with E-state index in [9.17, 15) is 13.6 Å². The smallest absolute Gasteiger partial charge is 0.339 e. The van der Waals surface area contributed by atoms with E-state index in [-0.39, 0.29) is 12.4 Å². The lowest BCUT2D eigenvalue weighted by atomic mass is 9.89. The molecule has 1 aromatic heterocycles. The Kier molecular flexibility index (Phi) is 3.89. The minimum absolute atomic E-state index is 0.208. The molecule has 0 radical (unpaired) electrons. The second-order valence-electron chi connectivity index (χ2n) is 7.49. The zero-order valence-corrected chi connectivity index (χ0v) is 15.5. The van der Waals surface area contributed by atoms with Crippen molar-refractivity contribution in [2.45, 2.75) is 39.2 Å². The number of ether oxygens (including phenoxy) is 1. The third-order valence-corrected chi connectivity index (χ3v) is 5.76. The highest BCUT2D eigenvalue weighted by molar-refractivity contribution is 5.87. The predicted octanol–water partition coefficient (Wildman–Crippen LogP) is 4.61. The molecule has 0 spiro atoms. The number of nitrogens with zero attached hydrogens (tertiary/aromatic N) is 1. The van der Waals surface area contributed by atoms with Gasteiger partial charge in [0.25, 0.3) is 0 Å². The first-order chi connectivity index (χ1) is 13.5. The van der Waals surface area contributed by atoms with Crippen molar-refractivity contribution < 1.29 is 17.9 Å². The van der Waals surface area contributed by atoms with Crippen LogP contribution >= 0.6 is 0 Å². The molecule has 4 nitrogen and oxygen atoms in total. The summed E-state index contributed by atoms with van der Waals surface area (Å²) in [6, 6.07) is 5.87. The summed E-state index contributed by atoms with van der Waals surface area (Å²) in [5.41, 5.74) is 4.52. The Balaban J connectivity index is 1.63. The fourth-order valence-corrected chi connectivity index (χ4v) is 4.35. The summed E-state index contributed by atoms with van der Waals surface area (Å²) < 4.78 is 38.5. The molecule has 28 heavy (non-hydrogen) atoms. The van der Waals surface area contributed by atoms with E-state index >= 15 is 0 Å². The van der Waals surface area contributed by atoms with Gasteiger partial charge in [-0.1, -0.05) is 0 Å². The topological polar surface area (TPSA) is 42.7 Å². The fourth-order valence-electron chi connectivity index (χ4n) is 4.35. The van der Waals surface area contributed by atoms with Gasteiger partial charge in [-0.15, -0.1) is 0 Å². The summed E-state index contributed by atoms with van der Waals surface area (Å²) in [5, 5.41) is 0.960. The molecule has 0 N–H and O–H groups in total. The Morgan fingerprint density at radius 1 is 1.04 bits per heavy atom. The molecular weight excluding hydrogens is 364 g/mol. The number of rotatable bonds is 1. The van der Waals surface area contributed by atoms with E-state index in [1.54, 1.807) is 6.07 Å². The second kappa shape index (κ2) is 6.33. The molecule has 144 valence electrons. The molecule has 0 atom stereocenters. The molecule has 0 saturated heterocycles. The SMILES string of the molecule is Cc1c2c(cc3c4c(c(=O)oc13)CCCC4)CN(c1ccc(F)c(F)c1)CO2. The van der Waals surface area contributed by atoms with Crippen molar-refractivity contribution in [2.75, 3.05) is 11.6 Å². The number of fused-ring (bicyclic) bond motifs is 4. The van der Waals surface area contributed by atoms with Crippen LogP contribution in [0.15, 0.2) is 33.5 Å². The molecule has 2 aliphatic rings. The minimum atomic E-state index is -0.881. The Morgan fingerprint density at radius 2 is 1.82 bits per heavy atom. The number of anilines is 1. The Labute approximate surface area is 160 Å². The van der Waals surface area contributed by atoms with Gasteiger partial charge in [0.15, 0.2) is 18.4 Å². The molecule has 1 aliphatic heterocycles. The molecule has 2 aromatic carbocycles. The molecule has 5 rings (SSSR count). The van der Waals surface area contributed by atoms with Gasteiger partial charge in [0.2, 0.25) is 0 Å². The van der Waals surface area contributed by atoms with Crippen molar-refractivity contribution in [2.24, 2.45) is 0 Å². The van der Waals surface area contributed by atoms with E-state index < -0.39 is 11.6 Å². The number of hydrogen-bond acceptors (Lipinski definition) is 4. The summed E-state index contributed by atoms with van der Waals surface area (Å²) in [6.45, 7) is 2.61. The molecule has 0 unspecified atom stereocenters. The van der Waals surface area contributed by atoms with Gasteiger partial charge in [0.1, 0.15) is 11.3 Å². The predicted molar refractivity (Wildman–Crippen MR) is 102 cm³/mol. The zero-order chi connectivity index (χ0) is 19.4. The van der Waals surface area contributed by atoms with Gasteiger partial charge in [-0.3, -0.25) is 0 Å². The van der Waals surface area contributed by atoms with Crippen LogP contribution < -0.4 is 15.3 Å². The van der Waals surface area contributed by atoms with Crippen molar-refractivity contribution in [3.05, 3.63) is 68.6 Å². The Hall–Kier alpha value is -2.89. The van der Waals surface area contributed by atoms with Crippen molar-refractivity contribution in [1.82, 2.24) is 0 Å². The highest BCUT2D eigenvalue weighted by Gasteiger charge is 2.26. The number of halogens is 2. The molecule has 6 heteroatoms. The highest BCUT2D eigenvalue weighted by atomic mass is 19.2. The van der Waals surface area contributed by atoms with Gasteiger partial charge in [0, 0.05) is 40.4 Å². The van der Waals surface area contributed by atoms with E-state index in [2.05, 4.69) is 0 Å². The maximum absolute atomic E-state index is 13.6. The van der Waals surface area contributed by atoms with Crippen molar-refractivity contribution >= 4 is 16.7 Å². The standard InChI is InChI=1S/C22H19F2NO3/c1-12-20-13(10-25(11-27-20)14-6-7-18(23)19(24)9-14)8-17-15-4-2-3-5-16(15)22(26)28-21(12)17/h6-9H,2-5,10-11H2,1H3. The van der Waals surface area contributed by atoms with Crippen LogP contribution in [0.25, 0.3) is 11.0 Å². The average Bonchev–Trinajstić information content (AvgIpc) is 2.71. The number of hydrogen-bond donors (Lipinski definition) is 0. The first-order valence-corrected chi connectivity index (χ1v) is 9.47. The van der Waals surface area contributed by atoms with Gasteiger partial charge in [-0.2, -0.15) is 0 Å². The van der Waals surface area contributed by atoms with E-state index in [1.165, 1.54) is 6.07 Å². The number of aryl methyl sites for hydroxylation is 2. The number of benzene rings is 2. The molecule has 2 heterocycles. The van der Waals surface area contributed by atoms with Crippen LogP contribution in [0, 0.1) is 18.6 Å². The van der Waals surface area contributed by atoms with E-state index in [0.29, 0.717) is 23.6 Å². The van der Waals surface area contributed by atoms with Gasteiger partial charge >= 0.3 is 5.63 Å². The van der Waals surface area contributed by atoms with E-state index in [0.717, 1.165) is 59.4 Å². The van der Waals surface area contributed by atoms with Crippen molar-refractivity contribution in [1.29, 1.82) is 0 Å². The van der Waals surface area contributed by atoms with Crippen molar-refractivity contribution in [3.63, 3.8) is 0 Å². The molecule has 1 aliphatic carbocycles. The molecular formula is C22H19F2NO3. The lowest BCUT2D eigenvalue weighted by Crippen LogP contribution is -2.32. The maximum atomic E-state index is 13.6.